The van der Waals surface area contributed by atoms with E-state index >= 15 is 0 Å². The fourth-order valence-electron chi connectivity index (χ4n) is 4.53. The molecule has 43 heavy (non-hydrogen) atoms. The van der Waals surface area contributed by atoms with Gasteiger partial charge in [-0.1, -0.05) is 13.2 Å². The van der Waals surface area contributed by atoms with Gasteiger partial charge in [-0.05, 0) is 62.5 Å². The van der Waals surface area contributed by atoms with Gasteiger partial charge in [0.15, 0.2) is 0 Å². The summed E-state index contributed by atoms with van der Waals surface area (Å²) in [6.07, 6.45) is -0.321. The zero-order valence-corrected chi connectivity index (χ0v) is 25.5. The molecule has 13 nitrogen and oxygen atoms in total. The van der Waals surface area contributed by atoms with Crippen LogP contribution in [0.4, 0.5) is 0 Å². The summed E-state index contributed by atoms with van der Waals surface area (Å²) in [7, 11) is 0. The minimum Gasteiger partial charge on any atom is -0.396 e. The third-order valence-corrected chi connectivity index (χ3v) is 9.09. The average Bonchev–Trinajstić information content (AvgIpc) is 3.06. The Morgan fingerprint density at radius 2 is 0.605 bits per heavy atom. The monoisotopic (exact) mass is 626 g/mol. The Morgan fingerprint density at radius 3 is 0.814 bits per heavy atom. The second kappa shape index (κ2) is 20.9. The van der Waals surface area contributed by atoms with E-state index in [1.165, 1.54) is 0 Å². The highest BCUT2D eigenvalue weighted by atomic mass is 16.5. The Kier molecular flexibility index (Phi) is 20.4. The number of hydrogen-bond acceptors (Lipinski definition) is 13. The van der Waals surface area contributed by atoms with Gasteiger partial charge in [-0.3, -0.25) is 0 Å². The molecule has 0 saturated carbocycles. The van der Waals surface area contributed by atoms with Crippen molar-refractivity contribution in [3.05, 3.63) is 24.3 Å². The van der Waals surface area contributed by atoms with Gasteiger partial charge in [0, 0.05) is 21.7 Å². The molecule has 12 N–H and O–H groups in total. The Labute approximate surface area is 255 Å². The maximum atomic E-state index is 9.86. The SMILES string of the molecule is C=C(CCC(CO)(CO)CO)C(CCC(CO)(CO)CO)OC(CCC(CO)(CO)CO)C(=C)CCC(CO)(CO)CO. The van der Waals surface area contributed by atoms with Gasteiger partial charge < -0.3 is 66.0 Å². The number of aliphatic hydroxyl groups is 12. The minimum atomic E-state index is -1.22. The van der Waals surface area contributed by atoms with Crippen LogP contribution >= 0.6 is 0 Å². The average molecular weight is 627 g/mol. The molecular weight excluding hydrogens is 568 g/mol. The van der Waals surface area contributed by atoms with Gasteiger partial charge in [-0.2, -0.15) is 0 Å². The molecule has 13 heteroatoms. The maximum Gasteiger partial charge on any atom is 0.0790 e. The van der Waals surface area contributed by atoms with Crippen molar-refractivity contribution in [1.29, 1.82) is 0 Å². The van der Waals surface area contributed by atoms with E-state index in [-0.39, 0.29) is 51.4 Å². The molecule has 0 aromatic heterocycles. The summed E-state index contributed by atoms with van der Waals surface area (Å²) in [5.41, 5.74) is -3.80. The van der Waals surface area contributed by atoms with Crippen molar-refractivity contribution in [1.82, 2.24) is 0 Å². The van der Waals surface area contributed by atoms with Crippen molar-refractivity contribution >= 4 is 0 Å². The van der Waals surface area contributed by atoms with Crippen molar-refractivity contribution in [2.45, 2.75) is 63.6 Å². The van der Waals surface area contributed by atoms with Crippen LogP contribution in [0, 0.1) is 21.7 Å². The summed E-state index contributed by atoms with van der Waals surface area (Å²) in [5.74, 6) is 0. The first-order valence-electron chi connectivity index (χ1n) is 14.7. The van der Waals surface area contributed by atoms with Crippen molar-refractivity contribution < 1.29 is 66.0 Å². The van der Waals surface area contributed by atoms with Crippen LogP contribution in [-0.2, 0) is 4.74 Å². The molecule has 0 saturated heterocycles. The lowest BCUT2D eigenvalue weighted by Gasteiger charge is -2.35. The van der Waals surface area contributed by atoms with E-state index in [0.717, 1.165) is 0 Å². The standard InChI is InChI=1S/C30H58O13/c1-23(3-7-27(11-31,12-32)13-33)25(5-9-29(17-37,18-38)19-39)43-26(6-10-30(20-40,21-41)22-42)24(2)4-8-28(14-34,15-35)16-36/h25-26,31-42H,1-22H2. The van der Waals surface area contributed by atoms with Crippen molar-refractivity contribution in [3.63, 3.8) is 0 Å². The van der Waals surface area contributed by atoms with E-state index in [9.17, 15) is 61.3 Å². The molecule has 0 heterocycles. The minimum absolute atomic E-state index is 0.112. The number of hydrogen-bond donors (Lipinski definition) is 12. The molecule has 256 valence electrons. The highest BCUT2D eigenvalue weighted by molar-refractivity contribution is 5.09. The third-order valence-electron chi connectivity index (χ3n) is 9.09. The lowest BCUT2D eigenvalue weighted by Crippen LogP contribution is -2.38. The molecule has 0 amide bonds. The van der Waals surface area contributed by atoms with Crippen LogP contribution in [0.2, 0.25) is 0 Å². The predicted octanol–water partition coefficient (Wildman–Crippen LogP) is -2.17. The van der Waals surface area contributed by atoms with Gasteiger partial charge in [0.05, 0.1) is 91.5 Å². The molecule has 0 aliphatic carbocycles. The van der Waals surface area contributed by atoms with Crippen LogP contribution in [-0.4, -0.2) is 153 Å². The molecule has 0 aliphatic heterocycles. The van der Waals surface area contributed by atoms with E-state index in [1.54, 1.807) is 0 Å². The van der Waals surface area contributed by atoms with Gasteiger partial charge in [-0.15, -0.1) is 0 Å². The van der Waals surface area contributed by atoms with Crippen LogP contribution < -0.4 is 0 Å². The third kappa shape index (κ3) is 12.3. The molecule has 0 radical (unpaired) electrons. The fraction of sp³-hybridized carbons (Fsp3) is 0.867. The lowest BCUT2D eigenvalue weighted by atomic mass is 9.80. The Bertz CT molecular complexity index is 664. The second-order valence-corrected chi connectivity index (χ2v) is 12.4. The van der Waals surface area contributed by atoms with Crippen LogP contribution in [0.15, 0.2) is 24.3 Å². The van der Waals surface area contributed by atoms with E-state index < -0.39 is 113 Å². The molecule has 0 aliphatic rings. The van der Waals surface area contributed by atoms with E-state index in [4.69, 9.17) is 4.74 Å². The molecule has 2 atom stereocenters. The highest BCUT2D eigenvalue weighted by Crippen LogP contribution is 2.35. The molecule has 0 aromatic carbocycles. The number of rotatable bonds is 28. The molecular formula is C30H58O13. The largest absolute Gasteiger partial charge is 0.396 e. The maximum absolute atomic E-state index is 9.86. The van der Waals surface area contributed by atoms with E-state index in [2.05, 4.69) is 13.2 Å². The fourth-order valence-corrected chi connectivity index (χ4v) is 4.53. The number of ether oxygens (including phenoxy) is 1. The Balaban J connectivity index is 6.34. The van der Waals surface area contributed by atoms with Crippen molar-refractivity contribution in [2.75, 3.05) is 79.3 Å². The van der Waals surface area contributed by atoms with Crippen molar-refractivity contribution in [2.24, 2.45) is 21.7 Å². The molecule has 0 aromatic rings. The molecule has 0 bridgehead atoms. The zero-order valence-electron chi connectivity index (χ0n) is 25.5. The summed E-state index contributed by atoms with van der Waals surface area (Å²) in [6, 6.07) is 0. The summed E-state index contributed by atoms with van der Waals surface area (Å²) in [6.45, 7) is 2.36. The first-order valence-corrected chi connectivity index (χ1v) is 14.7. The van der Waals surface area contributed by atoms with Crippen LogP contribution in [0.1, 0.15) is 51.4 Å². The first kappa shape index (κ1) is 42.0. The second-order valence-electron chi connectivity index (χ2n) is 12.4. The number of aliphatic hydroxyl groups excluding tert-OH is 12. The molecule has 0 spiro atoms. The summed E-state index contributed by atoms with van der Waals surface area (Å²) < 4.78 is 6.50. The van der Waals surface area contributed by atoms with Gasteiger partial charge >= 0.3 is 0 Å². The normalized spacial score (nSPS) is 14.6. The van der Waals surface area contributed by atoms with Gasteiger partial charge in [0.25, 0.3) is 0 Å². The molecule has 0 fully saturated rings. The lowest BCUT2D eigenvalue weighted by molar-refractivity contribution is -0.0423. The van der Waals surface area contributed by atoms with Gasteiger partial charge in [0.2, 0.25) is 0 Å². The van der Waals surface area contributed by atoms with Gasteiger partial charge in [-0.25, -0.2) is 0 Å². The molecule has 2 unspecified atom stereocenters. The summed E-state index contributed by atoms with van der Waals surface area (Å²) in [4.78, 5) is 0. The van der Waals surface area contributed by atoms with E-state index in [1.807, 2.05) is 0 Å². The van der Waals surface area contributed by atoms with Crippen LogP contribution in [0.5, 0.6) is 0 Å². The Hall–Kier alpha value is -1.04. The molecule has 0 rings (SSSR count). The smallest absolute Gasteiger partial charge is 0.0790 e. The van der Waals surface area contributed by atoms with Crippen LogP contribution in [0.25, 0.3) is 0 Å². The van der Waals surface area contributed by atoms with Crippen LogP contribution in [0.3, 0.4) is 0 Å². The topological polar surface area (TPSA) is 252 Å². The van der Waals surface area contributed by atoms with Crippen molar-refractivity contribution in [3.8, 4) is 0 Å². The summed E-state index contributed by atoms with van der Waals surface area (Å²) in [5, 5.41) is 118. The first-order chi connectivity index (χ1) is 20.4. The zero-order chi connectivity index (χ0) is 33.2. The van der Waals surface area contributed by atoms with E-state index in [0.29, 0.717) is 11.1 Å². The predicted molar refractivity (Wildman–Crippen MR) is 159 cm³/mol. The Morgan fingerprint density at radius 1 is 0.395 bits per heavy atom. The summed E-state index contributed by atoms with van der Waals surface area (Å²) >= 11 is 0. The van der Waals surface area contributed by atoms with Gasteiger partial charge in [0.1, 0.15) is 0 Å². The highest BCUT2D eigenvalue weighted by Gasteiger charge is 2.35. The quantitative estimate of drug-likeness (QED) is 0.0414.